The SMILES string of the molecule is COC(=O)C(C)(NC(=O)c1ccccc1)C(=O)O. The lowest BCUT2D eigenvalue weighted by atomic mass is 10.0. The van der Waals surface area contributed by atoms with Gasteiger partial charge < -0.3 is 15.2 Å². The first-order chi connectivity index (χ1) is 8.41. The molecule has 1 rings (SSSR count). The standard InChI is InChI=1S/C12H13NO5/c1-12(10(15)16,11(17)18-2)13-9(14)8-6-4-3-5-7-8/h3-7H,1-2H3,(H,13,14)(H,15,16). The van der Waals surface area contributed by atoms with Gasteiger partial charge in [-0.3, -0.25) is 4.79 Å². The molecule has 0 fully saturated rings. The first kappa shape index (κ1) is 13.7. The van der Waals surface area contributed by atoms with Gasteiger partial charge in [0, 0.05) is 5.56 Å². The molecule has 0 aromatic heterocycles. The number of carbonyl (C=O) groups excluding carboxylic acids is 2. The number of rotatable bonds is 4. The second-order valence-corrected chi connectivity index (χ2v) is 3.74. The van der Waals surface area contributed by atoms with Crippen LogP contribution < -0.4 is 5.32 Å². The van der Waals surface area contributed by atoms with Crippen LogP contribution in [-0.2, 0) is 14.3 Å². The third kappa shape index (κ3) is 2.65. The van der Waals surface area contributed by atoms with Crippen LogP contribution in [0.4, 0.5) is 0 Å². The Hall–Kier alpha value is -2.37. The van der Waals surface area contributed by atoms with Gasteiger partial charge in [-0.1, -0.05) is 18.2 Å². The van der Waals surface area contributed by atoms with Crippen LogP contribution in [0.5, 0.6) is 0 Å². The van der Waals surface area contributed by atoms with E-state index < -0.39 is 23.4 Å². The first-order valence-corrected chi connectivity index (χ1v) is 5.11. The third-order valence-electron chi connectivity index (χ3n) is 2.42. The molecule has 0 saturated heterocycles. The predicted octanol–water partition coefficient (Wildman–Crippen LogP) is 0.433. The molecular formula is C12H13NO5. The molecule has 0 bridgehead atoms. The average Bonchev–Trinajstić information content (AvgIpc) is 2.38. The smallest absolute Gasteiger partial charge is 0.343 e. The number of aliphatic carboxylic acids is 1. The van der Waals surface area contributed by atoms with Gasteiger partial charge in [0.1, 0.15) is 0 Å². The zero-order valence-electron chi connectivity index (χ0n) is 9.97. The zero-order chi connectivity index (χ0) is 13.8. The van der Waals surface area contributed by atoms with Crippen LogP contribution in [0.3, 0.4) is 0 Å². The lowest BCUT2D eigenvalue weighted by Crippen LogP contribution is -2.58. The summed E-state index contributed by atoms with van der Waals surface area (Å²) in [4.78, 5) is 34.3. The highest BCUT2D eigenvalue weighted by atomic mass is 16.5. The summed E-state index contributed by atoms with van der Waals surface area (Å²) < 4.78 is 4.38. The number of hydrogen-bond donors (Lipinski definition) is 2. The van der Waals surface area contributed by atoms with E-state index >= 15 is 0 Å². The van der Waals surface area contributed by atoms with Gasteiger partial charge in [0.05, 0.1) is 7.11 Å². The molecule has 0 aliphatic carbocycles. The third-order valence-corrected chi connectivity index (χ3v) is 2.42. The Kier molecular flexibility index (Phi) is 4.04. The molecule has 1 atom stereocenters. The summed E-state index contributed by atoms with van der Waals surface area (Å²) in [5.74, 6) is -3.19. The summed E-state index contributed by atoms with van der Waals surface area (Å²) in [6.07, 6.45) is 0. The van der Waals surface area contributed by atoms with Gasteiger partial charge in [0.15, 0.2) is 0 Å². The van der Waals surface area contributed by atoms with Crippen LogP contribution in [-0.4, -0.2) is 35.6 Å². The van der Waals surface area contributed by atoms with E-state index in [0.717, 1.165) is 14.0 Å². The molecule has 0 radical (unpaired) electrons. The van der Waals surface area contributed by atoms with Crippen LogP contribution in [0.25, 0.3) is 0 Å². The number of methoxy groups -OCH3 is 1. The Morgan fingerprint density at radius 3 is 2.22 bits per heavy atom. The highest BCUT2D eigenvalue weighted by Crippen LogP contribution is 2.09. The Morgan fingerprint density at radius 2 is 1.78 bits per heavy atom. The number of nitrogens with one attached hydrogen (secondary N) is 1. The van der Waals surface area contributed by atoms with Crippen molar-refractivity contribution in [1.29, 1.82) is 0 Å². The molecule has 96 valence electrons. The van der Waals surface area contributed by atoms with E-state index in [0.29, 0.717) is 0 Å². The molecule has 6 nitrogen and oxygen atoms in total. The molecule has 1 amide bonds. The van der Waals surface area contributed by atoms with E-state index in [4.69, 9.17) is 5.11 Å². The van der Waals surface area contributed by atoms with Crippen LogP contribution in [0.1, 0.15) is 17.3 Å². The number of hydrogen-bond acceptors (Lipinski definition) is 4. The largest absolute Gasteiger partial charge is 0.479 e. The van der Waals surface area contributed by atoms with Gasteiger partial charge >= 0.3 is 11.9 Å². The maximum Gasteiger partial charge on any atom is 0.343 e. The molecule has 0 heterocycles. The van der Waals surface area contributed by atoms with Crippen molar-refractivity contribution in [2.24, 2.45) is 0 Å². The van der Waals surface area contributed by atoms with E-state index in [1.54, 1.807) is 18.2 Å². The van der Waals surface area contributed by atoms with Crippen molar-refractivity contribution in [1.82, 2.24) is 5.32 Å². The summed E-state index contributed by atoms with van der Waals surface area (Å²) >= 11 is 0. The van der Waals surface area contributed by atoms with Crippen LogP contribution in [0.2, 0.25) is 0 Å². The number of carbonyl (C=O) groups is 3. The topological polar surface area (TPSA) is 92.7 Å². The van der Waals surface area contributed by atoms with Crippen molar-refractivity contribution in [3.63, 3.8) is 0 Å². The first-order valence-electron chi connectivity index (χ1n) is 5.11. The van der Waals surface area contributed by atoms with Gasteiger partial charge in [0.2, 0.25) is 5.54 Å². The number of benzene rings is 1. The highest BCUT2D eigenvalue weighted by Gasteiger charge is 2.44. The van der Waals surface area contributed by atoms with Crippen LogP contribution in [0, 0.1) is 0 Å². The molecule has 1 unspecified atom stereocenters. The summed E-state index contributed by atoms with van der Waals surface area (Å²) in [5.41, 5.74) is -1.85. The lowest BCUT2D eigenvalue weighted by Gasteiger charge is -2.23. The second kappa shape index (κ2) is 5.31. The van der Waals surface area contributed by atoms with Gasteiger partial charge in [-0.25, -0.2) is 9.59 Å². The Balaban J connectivity index is 2.96. The predicted molar refractivity (Wildman–Crippen MR) is 62.0 cm³/mol. The molecule has 6 heteroatoms. The second-order valence-electron chi connectivity index (χ2n) is 3.74. The molecule has 0 aliphatic rings. The van der Waals surface area contributed by atoms with Gasteiger partial charge in [-0.2, -0.15) is 0 Å². The molecular weight excluding hydrogens is 238 g/mol. The van der Waals surface area contributed by atoms with Crippen LogP contribution in [0.15, 0.2) is 30.3 Å². The van der Waals surface area contributed by atoms with Gasteiger partial charge in [-0.05, 0) is 19.1 Å². The fraction of sp³-hybridized carbons (Fsp3) is 0.250. The lowest BCUT2D eigenvalue weighted by molar-refractivity contribution is -0.159. The van der Waals surface area contributed by atoms with E-state index in [1.807, 2.05) is 0 Å². The summed E-state index contributed by atoms with van der Waals surface area (Å²) in [7, 11) is 1.05. The van der Waals surface area contributed by atoms with Gasteiger partial charge in [0.25, 0.3) is 5.91 Å². The maximum absolute atomic E-state index is 11.8. The Labute approximate surface area is 104 Å². The van der Waals surface area contributed by atoms with Crippen molar-refractivity contribution in [3.05, 3.63) is 35.9 Å². The maximum atomic E-state index is 11.8. The van der Waals surface area contributed by atoms with Crippen molar-refractivity contribution in [3.8, 4) is 0 Å². The molecule has 18 heavy (non-hydrogen) atoms. The molecule has 2 N–H and O–H groups in total. The molecule has 0 aliphatic heterocycles. The van der Waals surface area contributed by atoms with Crippen molar-refractivity contribution < 1.29 is 24.2 Å². The quantitative estimate of drug-likeness (QED) is 0.598. The Bertz CT molecular complexity index is 471. The minimum Gasteiger partial charge on any atom is -0.479 e. The molecule has 0 saturated carbocycles. The van der Waals surface area contributed by atoms with Crippen molar-refractivity contribution in [2.75, 3.05) is 7.11 Å². The fourth-order valence-corrected chi connectivity index (χ4v) is 1.28. The molecule has 0 spiro atoms. The van der Waals surface area contributed by atoms with Crippen molar-refractivity contribution in [2.45, 2.75) is 12.5 Å². The number of carboxylic acid groups (broad SMARTS) is 1. The highest BCUT2D eigenvalue weighted by molar-refractivity contribution is 6.09. The normalized spacial score (nSPS) is 13.2. The summed E-state index contributed by atoms with van der Waals surface area (Å²) in [5, 5.41) is 11.2. The van der Waals surface area contributed by atoms with E-state index in [-0.39, 0.29) is 5.56 Å². The number of esters is 1. The number of amides is 1. The van der Waals surface area contributed by atoms with E-state index in [1.165, 1.54) is 12.1 Å². The van der Waals surface area contributed by atoms with E-state index in [2.05, 4.69) is 10.1 Å². The number of carboxylic acids is 1. The molecule has 1 aromatic rings. The summed E-state index contributed by atoms with van der Waals surface area (Å²) in [6.45, 7) is 1.07. The monoisotopic (exact) mass is 251 g/mol. The summed E-state index contributed by atoms with van der Waals surface area (Å²) in [6, 6.07) is 7.99. The molecule has 1 aromatic carbocycles. The number of ether oxygens (including phenoxy) is 1. The Morgan fingerprint density at radius 1 is 1.22 bits per heavy atom. The minimum atomic E-state index is -2.11. The van der Waals surface area contributed by atoms with Crippen molar-refractivity contribution >= 4 is 17.8 Å². The van der Waals surface area contributed by atoms with Gasteiger partial charge in [-0.15, -0.1) is 0 Å². The average molecular weight is 251 g/mol. The zero-order valence-corrected chi connectivity index (χ0v) is 9.97. The minimum absolute atomic E-state index is 0.258. The van der Waals surface area contributed by atoms with Crippen LogP contribution >= 0.6 is 0 Å². The van der Waals surface area contributed by atoms with E-state index in [9.17, 15) is 14.4 Å². The fourth-order valence-electron chi connectivity index (χ4n) is 1.28.